The van der Waals surface area contributed by atoms with E-state index in [2.05, 4.69) is 35.2 Å². The second-order valence-corrected chi connectivity index (χ2v) is 6.32. The number of nitrogens with zero attached hydrogens (tertiary/aromatic N) is 1. The highest BCUT2D eigenvalue weighted by atomic mass is 35.5. The Balaban J connectivity index is 1.65. The van der Waals surface area contributed by atoms with Gasteiger partial charge in [-0.1, -0.05) is 48.0 Å². The summed E-state index contributed by atoms with van der Waals surface area (Å²) in [5.74, 6) is 0.720. The first-order valence-electron chi connectivity index (χ1n) is 7.80. The highest BCUT2D eigenvalue weighted by molar-refractivity contribution is 6.33. The molecule has 3 heteroatoms. The molecular formula is C19H20ClNO. The molecule has 0 aromatic heterocycles. The Morgan fingerprint density at radius 1 is 1.05 bits per heavy atom. The zero-order valence-corrected chi connectivity index (χ0v) is 13.3. The second kappa shape index (κ2) is 6.97. The van der Waals surface area contributed by atoms with E-state index in [1.807, 2.05) is 12.1 Å². The molecule has 0 unspecified atom stereocenters. The molecule has 1 saturated heterocycles. The average Bonchev–Trinajstić information content (AvgIpc) is 2.56. The third-order valence-electron chi connectivity index (χ3n) is 4.47. The van der Waals surface area contributed by atoms with Crippen molar-refractivity contribution in [2.45, 2.75) is 19.3 Å². The lowest BCUT2D eigenvalue weighted by Gasteiger charge is -2.34. The molecule has 22 heavy (non-hydrogen) atoms. The highest BCUT2D eigenvalue weighted by Gasteiger charge is 2.21. The first kappa shape index (κ1) is 15.1. The van der Waals surface area contributed by atoms with Gasteiger partial charge in [0.1, 0.15) is 0 Å². The van der Waals surface area contributed by atoms with E-state index < -0.39 is 0 Å². The van der Waals surface area contributed by atoms with Gasteiger partial charge in [-0.05, 0) is 42.9 Å². The van der Waals surface area contributed by atoms with Crippen LogP contribution in [-0.4, -0.2) is 19.4 Å². The quantitative estimate of drug-likeness (QED) is 0.768. The summed E-state index contributed by atoms with van der Waals surface area (Å²) >= 11 is 6.13. The molecule has 3 rings (SSSR count). The molecule has 0 aliphatic carbocycles. The van der Waals surface area contributed by atoms with Crippen molar-refractivity contribution < 1.29 is 4.79 Å². The summed E-state index contributed by atoms with van der Waals surface area (Å²) < 4.78 is 0. The molecule has 0 amide bonds. The van der Waals surface area contributed by atoms with Crippen molar-refractivity contribution in [1.82, 2.24) is 0 Å². The van der Waals surface area contributed by atoms with Crippen LogP contribution in [0.2, 0.25) is 5.02 Å². The summed E-state index contributed by atoms with van der Waals surface area (Å²) in [7, 11) is 0. The number of rotatable bonds is 4. The number of hydrogen-bond acceptors (Lipinski definition) is 2. The smallest absolute Gasteiger partial charge is 0.153 e. The van der Waals surface area contributed by atoms with Crippen molar-refractivity contribution in [3.05, 3.63) is 64.7 Å². The van der Waals surface area contributed by atoms with Gasteiger partial charge < -0.3 is 4.90 Å². The van der Waals surface area contributed by atoms with E-state index >= 15 is 0 Å². The summed E-state index contributed by atoms with van der Waals surface area (Å²) in [6.07, 6.45) is 4.32. The molecule has 114 valence electrons. The summed E-state index contributed by atoms with van der Waals surface area (Å²) in [6.45, 7) is 1.97. The van der Waals surface area contributed by atoms with Gasteiger partial charge in [0.15, 0.2) is 6.29 Å². The number of carbonyl (C=O) groups is 1. The fourth-order valence-electron chi connectivity index (χ4n) is 3.24. The predicted octanol–water partition coefficient (Wildman–Crippen LogP) is 4.61. The van der Waals surface area contributed by atoms with Crippen molar-refractivity contribution in [2.75, 3.05) is 18.0 Å². The summed E-state index contributed by atoms with van der Waals surface area (Å²) in [6, 6.07) is 16.4. The van der Waals surface area contributed by atoms with E-state index in [0.29, 0.717) is 10.6 Å². The largest absolute Gasteiger partial charge is 0.371 e. The lowest BCUT2D eigenvalue weighted by molar-refractivity contribution is 0.112. The van der Waals surface area contributed by atoms with Gasteiger partial charge in [-0.2, -0.15) is 0 Å². The number of carbonyl (C=O) groups excluding carboxylic acids is 1. The summed E-state index contributed by atoms with van der Waals surface area (Å²) in [5.41, 5.74) is 3.00. The zero-order chi connectivity index (χ0) is 15.4. The molecule has 0 radical (unpaired) electrons. The number of halogens is 1. The lowest BCUT2D eigenvalue weighted by Crippen LogP contribution is -2.34. The minimum Gasteiger partial charge on any atom is -0.371 e. The first-order chi connectivity index (χ1) is 10.8. The minimum absolute atomic E-state index is 0.541. The van der Waals surface area contributed by atoms with Crippen LogP contribution in [0, 0.1) is 5.92 Å². The van der Waals surface area contributed by atoms with E-state index in [1.165, 1.54) is 5.56 Å². The van der Waals surface area contributed by atoms with Crippen LogP contribution in [0.4, 0.5) is 5.69 Å². The van der Waals surface area contributed by atoms with Gasteiger partial charge in [-0.3, -0.25) is 4.79 Å². The van der Waals surface area contributed by atoms with Crippen molar-refractivity contribution in [2.24, 2.45) is 5.92 Å². The Kier molecular flexibility index (Phi) is 4.79. The molecule has 2 nitrogen and oxygen atoms in total. The first-order valence-corrected chi connectivity index (χ1v) is 8.18. The maximum Gasteiger partial charge on any atom is 0.153 e. The van der Waals surface area contributed by atoms with E-state index in [1.54, 1.807) is 6.07 Å². The second-order valence-electron chi connectivity index (χ2n) is 5.91. The average molecular weight is 314 g/mol. The van der Waals surface area contributed by atoms with Gasteiger partial charge in [0.25, 0.3) is 0 Å². The zero-order valence-electron chi connectivity index (χ0n) is 12.5. The molecule has 2 aromatic rings. The van der Waals surface area contributed by atoms with Crippen LogP contribution in [0.1, 0.15) is 28.8 Å². The van der Waals surface area contributed by atoms with Gasteiger partial charge in [-0.25, -0.2) is 0 Å². The van der Waals surface area contributed by atoms with Gasteiger partial charge in [0, 0.05) is 18.8 Å². The van der Waals surface area contributed by atoms with Crippen molar-refractivity contribution in [3.63, 3.8) is 0 Å². The molecule has 0 spiro atoms. The van der Waals surface area contributed by atoms with Gasteiger partial charge in [-0.15, -0.1) is 0 Å². The molecule has 1 aliphatic rings. The Labute approximate surface area is 136 Å². The molecule has 0 atom stereocenters. The third kappa shape index (κ3) is 3.33. The van der Waals surface area contributed by atoms with Gasteiger partial charge in [0.2, 0.25) is 0 Å². The fourth-order valence-corrected chi connectivity index (χ4v) is 3.46. The Morgan fingerprint density at radius 2 is 1.77 bits per heavy atom. The molecule has 1 fully saturated rings. The Hall–Kier alpha value is -1.80. The lowest BCUT2D eigenvalue weighted by atomic mass is 9.90. The summed E-state index contributed by atoms with van der Waals surface area (Å²) in [4.78, 5) is 13.6. The standard InChI is InChI=1S/C19H20ClNO/c20-18-7-4-8-19(17(18)14-22)21-11-9-16(10-12-21)13-15-5-2-1-3-6-15/h1-8,14,16H,9-13H2. The predicted molar refractivity (Wildman–Crippen MR) is 91.9 cm³/mol. The van der Waals surface area contributed by atoms with Crippen molar-refractivity contribution in [1.29, 1.82) is 0 Å². The summed E-state index contributed by atoms with van der Waals surface area (Å²) in [5, 5.41) is 0.541. The van der Waals surface area contributed by atoms with Crippen LogP contribution in [0.3, 0.4) is 0 Å². The number of anilines is 1. The fraction of sp³-hybridized carbons (Fsp3) is 0.316. The van der Waals surface area contributed by atoms with Gasteiger partial charge >= 0.3 is 0 Å². The Morgan fingerprint density at radius 3 is 2.45 bits per heavy atom. The maximum absolute atomic E-state index is 11.3. The van der Waals surface area contributed by atoms with Gasteiger partial charge in [0.05, 0.1) is 10.6 Å². The van der Waals surface area contributed by atoms with Crippen LogP contribution < -0.4 is 4.90 Å². The Bertz CT molecular complexity index is 633. The number of benzene rings is 2. The number of hydrogen-bond donors (Lipinski definition) is 0. The molecule has 0 bridgehead atoms. The van der Waals surface area contributed by atoms with Crippen molar-refractivity contribution in [3.8, 4) is 0 Å². The van der Waals surface area contributed by atoms with Crippen LogP contribution in [-0.2, 0) is 6.42 Å². The van der Waals surface area contributed by atoms with Crippen LogP contribution in [0.5, 0.6) is 0 Å². The molecule has 0 N–H and O–H groups in total. The molecule has 1 heterocycles. The molecular weight excluding hydrogens is 294 g/mol. The molecule has 1 aliphatic heterocycles. The minimum atomic E-state index is 0.541. The highest BCUT2D eigenvalue weighted by Crippen LogP contribution is 2.30. The van der Waals surface area contributed by atoms with Crippen molar-refractivity contribution >= 4 is 23.6 Å². The van der Waals surface area contributed by atoms with Crippen LogP contribution in [0.15, 0.2) is 48.5 Å². The third-order valence-corrected chi connectivity index (χ3v) is 4.80. The molecule has 0 saturated carbocycles. The topological polar surface area (TPSA) is 20.3 Å². The van der Waals surface area contributed by atoms with E-state index in [-0.39, 0.29) is 0 Å². The molecule has 2 aromatic carbocycles. The maximum atomic E-state index is 11.3. The van der Waals surface area contributed by atoms with E-state index in [9.17, 15) is 4.79 Å². The van der Waals surface area contributed by atoms with Crippen LogP contribution in [0.25, 0.3) is 0 Å². The van der Waals surface area contributed by atoms with E-state index in [4.69, 9.17) is 11.6 Å². The SMILES string of the molecule is O=Cc1c(Cl)cccc1N1CCC(Cc2ccccc2)CC1. The van der Waals surface area contributed by atoms with Crippen LogP contribution >= 0.6 is 11.6 Å². The number of aldehydes is 1. The monoisotopic (exact) mass is 313 g/mol. The van der Waals surface area contributed by atoms with E-state index in [0.717, 1.165) is 50.2 Å². The number of piperidine rings is 1. The normalized spacial score (nSPS) is 15.8.